The van der Waals surface area contributed by atoms with Gasteiger partial charge in [-0.15, -0.1) is 0 Å². The zero-order chi connectivity index (χ0) is 17.6. The molecule has 0 saturated heterocycles. The molecule has 1 heterocycles. The van der Waals surface area contributed by atoms with Crippen molar-refractivity contribution < 1.29 is 0 Å². The summed E-state index contributed by atoms with van der Waals surface area (Å²) in [7, 11) is 0. The Balaban J connectivity index is 1.61. The number of nitrogens with zero attached hydrogens (tertiary/aromatic N) is 2. The Morgan fingerprint density at radius 3 is 2.54 bits per heavy atom. The van der Waals surface area contributed by atoms with Crippen LogP contribution in [0.4, 0.5) is 5.69 Å². The van der Waals surface area contributed by atoms with Crippen LogP contribution in [-0.2, 0) is 0 Å². The van der Waals surface area contributed by atoms with Crippen molar-refractivity contribution in [3.8, 4) is 11.3 Å². The molecule has 0 N–H and O–H groups in total. The second-order valence-corrected chi connectivity index (χ2v) is 6.29. The van der Waals surface area contributed by atoms with Gasteiger partial charge in [-0.25, -0.2) is 4.98 Å². The number of aliphatic imine (C=N–C) groups is 1. The van der Waals surface area contributed by atoms with Crippen LogP contribution in [0.1, 0.15) is 23.6 Å². The second-order valence-electron chi connectivity index (χ2n) is 6.29. The highest BCUT2D eigenvalue weighted by atomic mass is 14.8. The molecule has 2 aromatic carbocycles. The number of para-hydroxylation sites is 1. The van der Waals surface area contributed by atoms with Gasteiger partial charge in [-0.05, 0) is 30.2 Å². The number of pyridine rings is 1. The lowest BCUT2D eigenvalue weighted by Gasteiger charge is -2.15. The van der Waals surface area contributed by atoms with Crippen LogP contribution in [0, 0.1) is 0 Å². The van der Waals surface area contributed by atoms with Crippen molar-refractivity contribution in [2.45, 2.75) is 12.3 Å². The summed E-state index contributed by atoms with van der Waals surface area (Å²) < 4.78 is 0. The van der Waals surface area contributed by atoms with Gasteiger partial charge in [0.25, 0.3) is 0 Å². The van der Waals surface area contributed by atoms with E-state index >= 15 is 0 Å². The fraction of sp³-hybridized carbons (Fsp3) is 0.0833. The van der Waals surface area contributed by atoms with Gasteiger partial charge >= 0.3 is 0 Å². The highest BCUT2D eigenvalue weighted by Crippen LogP contribution is 2.32. The largest absolute Gasteiger partial charge is 0.254 e. The summed E-state index contributed by atoms with van der Waals surface area (Å²) in [6.45, 7) is 0. The molecule has 1 aromatic heterocycles. The number of hydrogen-bond donors (Lipinski definition) is 0. The molecule has 1 aliphatic carbocycles. The quantitative estimate of drug-likeness (QED) is 0.529. The lowest BCUT2D eigenvalue weighted by atomic mass is 9.91. The first-order valence-electron chi connectivity index (χ1n) is 8.89. The summed E-state index contributed by atoms with van der Waals surface area (Å²) >= 11 is 0. The van der Waals surface area contributed by atoms with E-state index < -0.39 is 0 Å². The lowest BCUT2D eigenvalue weighted by Crippen LogP contribution is -1.97. The number of aromatic nitrogens is 1. The molecule has 0 radical (unpaired) electrons. The molecule has 1 unspecified atom stereocenters. The van der Waals surface area contributed by atoms with Crippen LogP contribution in [0.25, 0.3) is 11.3 Å². The van der Waals surface area contributed by atoms with Crippen LogP contribution in [-0.4, -0.2) is 11.2 Å². The van der Waals surface area contributed by atoms with Crippen LogP contribution < -0.4 is 0 Å². The summed E-state index contributed by atoms with van der Waals surface area (Å²) in [5.74, 6) is 0.386. The Morgan fingerprint density at radius 2 is 1.69 bits per heavy atom. The van der Waals surface area contributed by atoms with Gasteiger partial charge < -0.3 is 0 Å². The van der Waals surface area contributed by atoms with E-state index in [0.717, 1.165) is 29.1 Å². The maximum absolute atomic E-state index is 4.74. The zero-order valence-corrected chi connectivity index (χ0v) is 14.5. The molecule has 0 fully saturated rings. The molecule has 0 spiro atoms. The Kier molecular flexibility index (Phi) is 4.83. The van der Waals surface area contributed by atoms with Gasteiger partial charge in [-0.3, -0.25) is 4.99 Å². The summed E-state index contributed by atoms with van der Waals surface area (Å²) in [6, 6.07) is 24.6. The Morgan fingerprint density at radius 1 is 0.846 bits per heavy atom. The van der Waals surface area contributed by atoms with E-state index in [2.05, 4.69) is 54.6 Å². The first-order valence-corrected chi connectivity index (χ1v) is 8.89. The highest BCUT2D eigenvalue weighted by Gasteiger charge is 2.11. The molecule has 3 aromatic rings. The van der Waals surface area contributed by atoms with E-state index in [1.807, 2.05) is 48.7 Å². The Bertz CT molecular complexity index is 968. The van der Waals surface area contributed by atoms with E-state index in [1.165, 1.54) is 5.56 Å². The van der Waals surface area contributed by atoms with Crippen LogP contribution in [0.3, 0.4) is 0 Å². The maximum atomic E-state index is 4.74. The van der Waals surface area contributed by atoms with Crippen molar-refractivity contribution in [1.82, 2.24) is 4.98 Å². The van der Waals surface area contributed by atoms with E-state index in [4.69, 9.17) is 9.98 Å². The fourth-order valence-electron chi connectivity index (χ4n) is 3.16. The minimum atomic E-state index is 0.386. The van der Waals surface area contributed by atoms with Crippen LogP contribution in [0.15, 0.2) is 102 Å². The minimum Gasteiger partial charge on any atom is -0.254 e. The Labute approximate surface area is 154 Å². The zero-order valence-electron chi connectivity index (χ0n) is 14.5. The molecule has 1 aliphatic rings. The average Bonchev–Trinajstić information content (AvgIpc) is 2.74. The summed E-state index contributed by atoms with van der Waals surface area (Å²) in [4.78, 5) is 9.47. The molecule has 4 rings (SSSR count). The van der Waals surface area contributed by atoms with Gasteiger partial charge in [0.15, 0.2) is 0 Å². The molecule has 0 bridgehead atoms. The van der Waals surface area contributed by atoms with Gasteiger partial charge in [0, 0.05) is 11.5 Å². The first-order chi connectivity index (χ1) is 12.9. The van der Waals surface area contributed by atoms with Crippen molar-refractivity contribution in [2.24, 2.45) is 4.99 Å². The van der Waals surface area contributed by atoms with Gasteiger partial charge in [-0.2, -0.15) is 0 Å². The molecule has 0 saturated carbocycles. The molecule has 2 nitrogen and oxygen atoms in total. The maximum Gasteiger partial charge on any atom is 0.0820 e. The second kappa shape index (κ2) is 7.75. The highest BCUT2D eigenvalue weighted by molar-refractivity contribution is 5.81. The lowest BCUT2D eigenvalue weighted by molar-refractivity contribution is 0.854. The molecule has 126 valence electrons. The number of benzene rings is 2. The van der Waals surface area contributed by atoms with E-state index in [9.17, 15) is 0 Å². The summed E-state index contributed by atoms with van der Waals surface area (Å²) in [5, 5.41) is 0. The normalized spacial score (nSPS) is 16.2. The molecule has 2 heteroatoms. The molecule has 0 aliphatic heterocycles. The Hall–Kier alpha value is -3.26. The standard InChI is InChI=1S/C24H20N2/c1-3-10-19(11-4-1)22-15-7-8-16-24(22)25-18-21-14-9-17-23(26-21)20-12-5-2-6-13-20/h1-10,12-19H,11H2. The number of hydrogen-bond acceptors (Lipinski definition) is 2. The van der Waals surface area contributed by atoms with Gasteiger partial charge in [0.05, 0.1) is 23.3 Å². The van der Waals surface area contributed by atoms with Crippen molar-refractivity contribution in [2.75, 3.05) is 0 Å². The van der Waals surface area contributed by atoms with E-state index in [0.29, 0.717) is 5.92 Å². The summed E-state index contributed by atoms with van der Waals surface area (Å²) in [5.41, 5.74) is 5.19. The topological polar surface area (TPSA) is 25.2 Å². The third-order valence-electron chi connectivity index (χ3n) is 4.49. The molecular formula is C24H20N2. The van der Waals surface area contributed by atoms with Gasteiger partial charge in [0.1, 0.15) is 0 Å². The predicted molar refractivity (Wildman–Crippen MR) is 109 cm³/mol. The van der Waals surface area contributed by atoms with Gasteiger partial charge in [0.2, 0.25) is 0 Å². The van der Waals surface area contributed by atoms with E-state index in [-0.39, 0.29) is 0 Å². The average molecular weight is 336 g/mol. The minimum absolute atomic E-state index is 0.386. The molecule has 1 atom stereocenters. The third kappa shape index (κ3) is 3.70. The molecule has 26 heavy (non-hydrogen) atoms. The van der Waals surface area contributed by atoms with Crippen molar-refractivity contribution in [3.63, 3.8) is 0 Å². The smallest absolute Gasteiger partial charge is 0.0820 e. The fourth-order valence-corrected chi connectivity index (χ4v) is 3.16. The molecular weight excluding hydrogens is 316 g/mol. The third-order valence-corrected chi connectivity index (χ3v) is 4.49. The van der Waals surface area contributed by atoms with Crippen molar-refractivity contribution in [1.29, 1.82) is 0 Å². The van der Waals surface area contributed by atoms with Crippen LogP contribution in [0.2, 0.25) is 0 Å². The molecule has 0 amide bonds. The first kappa shape index (κ1) is 16.2. The van der Waals surface area contributed by atoms with Crippen molar-refractivity contribution >= 4 is 11.9 Å². The number of rotatable bonds is 4. The van der Waals surface area contributed by atoms with Crippen LogP contribution >= 0.6 is 0 Å². The van der Waals surface area contributed by atoms with Crippen LogP contribution in [0.5, 0.6) is 0 Å². The van der Waals surface area contributed by atoms with E-state index in [1.54, 1.807) is 0 Å². The van der Waals surface area contributed by atoms with Crippen molar-refractivity contribution in [3.05, 3.63) is 108 Å². The monoisotopic (exact) mass is 336 g/mol. The SMILES string of the molecule is C1=CCC(c2ccccc2N=Cc2cccc(-c3ccccc3)n2)C=C1. The number of allylic oxidation sites excluding steroid dienone is 4. The van der Waals surface area contributed by atoms with Gasteiger partial charge in [-0.1, -0.05) is 78.9 Å². The summed E-state index contributed by atoms with van der Waals surface area (Å²) in [6.07, 6.45) is 11.5. The predicted octanol–water partition coefficient (Wildman–Crippen LogP) is 6.10.